The van der Waals surface area contributed by atoms with E-state index in [2.05, 4.69) is 15.0 Å². The monoisotopic (exact) mass is 522 g/mol. The van der Waals surface area contributed by atoms with Gasteiger partial charge in [0.25, 0.3) is 0 Å². The van der Waals surface area contributed by atoms with Crippen LogP contribution in [0.25, 0.3) is 21.8 Å². The number of nitrogens with zero attached hydrogens (tertiary/aromatic N) is 3. The average molecular weight is 523 g/mol. The fourth-order valence-electron chi connectivity index (χ4n) is 4.51. The second kappa shape index (κ2) is 10.00. The molecule has 0 radical (unpaired) electrons. The topological polar surface area (TPSA) is 98.8 Å². The van der Waals surface area contributed by atoms with Crippen LogP contribution in [0.2, 0.25) is 0 Å². The highest BCUT2D eigenvalue weighted by Crippen LogP contribution is 2.38. The lowest BCUT2D eigenvalue weighted by Gasteiger charge is -2.33. The van der Waals surface area contributed by atoms with Gasteiger partial charge in [-0.1, -0.05) is 0 Å². The van der Waals surface area contributed by atoms with Gasteiger partial charge in [-0.05, 0) is 52.0 Å². The first-order chi connectivity index (χ1) is 18.1. The van der Waals surface area contributed by atoms with Crippen LogP contribution in [-0.4, -0.2) is 57.8 Å². The summed E-state index contributed by atoms with van der Waals surface area (Å²) >= 11 is 0. The molecule has 2 aromatic heterocycles. The number of aromatic amines is 1. The molecule has 1 N–H and O–H groups in total. The standard InChI is InChI=1S/C28H31FN4O5/c1-16-12-18-20(32-16)6-7-22(25(18)29)37-26-19-13-23(35-5)24(14-21(19)30-15-31-26)36-17-8-10-33(11-9-17)27(34)38-28(2,3)4/h6-7,12-15,17,32H,8-11H2,1-5H3. The van der Waals surface area contributed by atoms with E-state index in [9.17, 15) is 4.79 Å². The molecule has 1 saturated heterocycles. The highest BCUT2D eigenvalue weighted by Gasteiger charge is 2.28. The fraction of sp³-hybridized carbons (Fsp3) is 0.393. The predicted molar refractivity (Wildman–Crippen MR) is 141 cm³/mol. The van der Waals surface area contributed by atoms with Gasteiger partial charge in [0.05, 0.1) is 18.0 Å². The molecule has 200 valence electrons. The molecule has 0 unspecified atom stereocenters. The molecule has 0 aliphatic carbocycles. The Morgan fingerprint density at radius 2 is 1.82 bits per heavy atom. The molecule has 38 heavy (non-hydrogen) atoms. The van der Waals surface area contributed by atoms with Crippen molar-refractivity contribution in [2.24, 2.45) is 0 Å². The first kappa shape index (κ1) is 25.6. The summed E-state index contributed by atoms with van der Waals surface area (Å²) < 4.78 is 38.4. The Bertz CT molecular complexity index is 1490. The summed E-state index contributed by atoms with van der Waals surface area (Å²) in [5.74, 6) is 0.798. The normalized spacial score (nSPS) is 14.6. The van der Waals surface area contributed by atoms with Crippen LogP contribution in [-0.2, 0) is 4.74 Å². The quantitative estimate of drug-likeness (QED) is 0.336. The van der Waals surface area contributed by atoms with Crippen molar-refractivity contribution < 1.29 is 28.1 Å². The van der Waals surface area contributed by atoms with Crippen molar-refractivity contribution in [3.05, 3.63) is 48.2 Å². The number of aromatic nitrogens is 3. The third kappa shape index (κ3) is 5.29. The van der Waals surface area contributed by atoms with Gasteiger partial charge < -0.3 is 28.8 Å². The van der Waals surface area contributed by atoms with Gasteiger partial charge in [0, 0.05) is 48.6 Å². The third-order valence-corrected chi connectivity index (χ3v) is 6.32. The second-order valence-electron chi connectivity index (χ2n) is 10.4. The number of aryl methyl sites for hydroxylation is 1. The number of hydrogen-bond donors (Lipinski definition) is 1. The van der Waals surface area contributed by atoms with Crippen molar-refractivity contribution in [2.75, 3.05) is 20.2 Å². The maximum Gasteiger partial charge on any atom is 0.410 e. The SMILES string of the molecule is COc1cc2c(Oc3ccc4[nH]c(C)cc4c3F)ncnc2cc1OC1CCN(C(=O)OC(C)(C)C)CC1. The van der Waals surface area contributed by atoms with E-state index < -0.39 is 11.4 Å². The molecule has 1 aliphatic heterocycles. The molecular weight excluding hydrogens is 491 g/mol. The van der Waals surface area contributed by atoms with Crippen LogP contribution >= 0.6 is 0 Å². The lowest BCUT2D eigenvalue weighted by molar-refractivity contribution is 0.0124. The molecule has 3 heterocycles. The number of benzene rings is 2. The molecular formula is C28H31FN4O5. The Kier molecular flexibility index (Phi) is 6.73. The van der Waals surface area contributed by atoms with Crippen LogP contribution < -0.4 is 14.2 Å². The molecule has 5 rings (SSSR count). The Morgan fingerprint density at radius 3 is 2.53 bits per heavy atom. The van der Waals surface area contributed by atoms with Crippen LogP contribution in [0.4, 0.5) is 9.18 Å². The highest BCUT2D eigenvalue weighted by atomic mass is 19.1. The second-order valence-corrected chi connectivity index (χ2v) is 10.4. The molecule has 1 fully saturated rings. The Morgan fingerprint density at radius 1 is 1.05 bits per heavy atom. The van der Waals surface area contributed by atoms with Gasteiger partial charge >= 0.3 is 6.09 Å². The molecule has 4 aromatic rings. The van der Waals surface area contributed by atoms with Gasteiger partial charge in [0.2, 0.25) is 5.88 Å². The summed E-state index contributed by atoms with van der Waals surface area (Å²) in [5, 5.41) is 1.01. The van der Waals surface area contributed by atoms with Crippen molar-refractivity contribution in [1.82, 2.24) is 19.9 Å². The third-order valence-electron chi connectivity index (χ3n) is 6.32. The molecule has 9 nitrogen and oxygen atoms in total. The smallest absolute Gasteiger partial charge is 0.410 e. The van der Waals surface area contributed by atoms with E-state index in [0.717, 1.165) is 5.69 Å². The zero-order valence-electron chi connectivity index (χ0n) is 22.1. The number of nitrogens with one attached hydrogen (secondary N) is 1. The van der Waals surface area contributed by atoms with E-state index in [1.807, 2.05) is 27.7 Å². The predicted octanol–water partition coefficient (Wildman–Crippen LogP) is 6.14. The fourth-order valence-corrected chi connectivity index (χ4v) is 4.51. The van der Waals surface area contributed by atoms with Crippen molar-refractivity contribution in [3.8, 4) is 23.1 Å². The maximum atomic E-state index is 15.1. The van der Waals surface area contributed by atoms with Gasteiger partial charge in [-0.3, -0.25) is 0 Å². The molecule has 0 saturated carbocycles. The Balaban J connectivity index is 1.35. The number of hydrogen-bond acceptors (Lipinski definition) is 7. The average Bonchev–Trinajstić information content (AvgIpc) is 3.26. The summed E-state index contributed by atoms with van der Waals surface area (Å²) in [6.45, 7) is 8.49. The Labute approximate surface area is 219 Å². The van der Waals surface area contributed by atoms with E-state index >= 15 is 4.39 Å². The maximum absolute atomic E-state index is 15.1. The minimum atomic E-state index is -0.535. The number of likely N-dealkylation sites (tertiary alicyclic amines) is 1. The van der Waals surface area contributed by atoms with E-state index in [4.69, 9.17) is 18.9 Å². The number of halogens is 1. The molecule has 1 aliphatic rings. The van der Waals surface area contributed by atoms with Gasteiger partial charge in [0.15, 0.2) is 23.1 Å². The van der Waals surface area contributed by atoms with Gasteiger partial charge in [0.1, 0.15) is 18.0 Å². The minimum Gasteiger partial charge on any atom is -0.493 e. The van der Waals surface area contributed by atoms with Gasteiger partial charge in [-0.25, -0.2) is 19.2 Å². The number of rotatable bonds is 5. The van der Waals surface area contributed by atoms with Gasteiger partial charge in [-0.15, -0.1) is 0 Å². The number of fused-ring (bicyclic) bond motifs is 2. The number of methoxy groups -OCH3 is 1. The highest BCUT2D eigenvalue weighted by molar-refractivity contribution is 5.87. The molecule has 10 heteroatoms. The number of amides is 1. The van der Waals surface area contributed by atoms with Gasteiger partial charge in [-0.2, -0.15) is 0 Å². The van der Waals surface area contributed by atoms with Crippen LogP contribution in [0.5, 0.6) is 23.1 Å². The zero-order valence-corrected chi connectivity index (χ0v) is 22.1. The van der Waals surface area contributed by atoms with Crippen LogP contribution in [0, 0.1) is 12.7 Å². The molecule has 0 atom stereocenters. The van der Waals surface area contributed by atoms with Crippen molar-refractivity contribution in [1.29, 1.82) is 0 Å². The van der Waals surface area contributed by atoms with E-state index in [1.165, 1.54) is 6.33 Å². The summed E-state index contributed by atoms with van der Waals surface area (Å²) in [5.41, 5.74) is 1.58. The van der Waals surface area contributed by atoms with Crippen LogP contribution in [0.1, 0.15) is 39.3 Å². The lowest BCUT2D eigenvalue weighted by Crippen LogP contribution is -2.44. The zero-order chi connectivity index (χ0) is 27.0. The van der Waals surface area contributed by atoms with Crippen LogP contribution in [0.3, 0.4) is 0 Å². The molecule has 0 bridgehead atoms. The largest absolute Gasteiger partial charge is 0.493 e. The summed E-state index contributed by atoms with van der Waals surface area (Å²) in [4.78, 5) is 25.8. The first-order valence-corrected chi connectivity index (χ1v) is 12.5. The Hall–Kier alpha value is -4.08. The number of carbonyl (C=O) groups excluding carboxylic acids is 1. The minimum absolute atomic E-state index is 0.0625. The van der Waals surface area contributed by atoms with E-state index in [-0.39, 0.29) is 23.8 Å². The number of carbonyl (C=O) groups is 1. The number of piperidine rings is 1. The van der Waals surface area contributed by atoms with Crippen molar-refractivity contribution in [2.45, 2.75) is 52.2 Å². The van der Waals surface area contributed by atoms with E-state index in [0.29, 0.717) is 59.2 Å². The van der Waals surface area contributed by atoms with Crippen molar-refractivity contribution in [3.63, 3.8) is 0 Å². The number of H-pyrrole nitrogens is 1. The molecule has 0 spiro atoms. The van der Waals surface area contributed by atoms with Crippen LogP contribution in [0.15, 0.2) is 36.7 Å². The summed E-state index contributed by atoms with van der Waals surface area (Å²) in [6.07, 6.45) is 2.25. The number of ether oxygens (including phenoxy) is 4. The summed E-state index contributed by atoms with van der Waals surface area (Å²) in [6, 6.07) is 8.57. The van der Waals surface area contributed by atoms with E-state index in [1.54, 1.807) is 42.3 Å². The summed E-state index contributed by atoms with van der Waals surface area (Å²) in [7, 11) is 1.55. The molecule has 2 aromatic carbocycles. The molecule has 1 amide bonds. The lowest BCUT2D eigenvalue weighted by atomic mass is 10.1. The van der Waals surface area contributed by atoms with Crippen molar-refractivity contribution >= 4 is 27.9 Å². The first-order valence-electron chi connectivity index (χ1n) is 12.5.